The summed E-state index contributed by atoms with van der Waals surface area (Å²) in [6.07, 6.45) is 6.90. The monoisotopic (exact) mass is 193 g/mol. The molecule has 0 radical (unpaired) electrons. The van der Waals surface area contributed by atoms with E-state index in [0.717, 1.165) is 25.3 Å². The standard InChI is InChI=1S/C11H19N3/c1-2-10(5-7-12)14-8-6-11(13-14)9-3-4-9/h6,8-10H,2-5,7,12H2,1H3. The molecule has 14 heavy (non-hydrogen) atoms. The largest absolute Gasteiger partial charge is 0.330 e. The Balaban J connectivity index is 2.05. The molecule has 2 N–H and O–H groups in total. The highest BCUT2D eigenvalue weighted by Crippen LogP contribution is 2.39. The van der Waals surface area contributed by atoms with Crippen molar-refractivity contribution in [2.24, 2.45) is 5.73 Å². The summed E-state index contributed by atoms with van der Waals surface area (Å²) >= 11 is 0. The van der Waals surface area contributed by atoms with Crippen molar-refractivity contribution in [3.8, 4) is 0 Å². The van der Waals surface area contributed by atoms with E-state index in [1.807, 2.05) is 0 Å². The van der Waals surface area contributed by atoms with Crippen molar-refractivity contribution in [2.45, 2.75) is 44.6 Å². The van der Waals surface area contributed by atoms with Gasteiger partial charge in [0.1, 0.15) is 0 Å². The Morgan fingerprint density at radius 1 is 1.64 bits per heavy atom. The predicted molar refractivity (Wildman–Crippen MR) is 57.2 cm³/mol. The van der Waals surface area contributed by atoms with E-state index >= 15 is 0 Å². The van der Waals surface area contributed by atoms with Gasteiger partial charge in [-0.2, -0.15) is 5.10 Å². The molecule has 3 heteroatoms. The van der Waals surface area contributed by atoms with Crippen molar-refractivity contribution in [3.63, 3.8) is 0 Å². The minimum Gasteiger partial charge on any atom is -0.330 e. The van der Waals surface area contributed by atoms with Crippen molar-refractivity contribution in [2.75, 3.05) is 6.54 Å². The molecule has 1 saturated carbocycles. The minimum atomic E-state index is 0.493. The third-order valence-corrected chi connectivity index (χ3v) is 2.97. The van der Waals surface area contributed by atoms with Crippen LogP contribution in [-0.4, -0.2) is 16.3 Å². The summed E-state index contributed by atoms with van der Waals surface area (Å²) in [5.41, 5.74) is 6.86. The molecule has 1 atom stereocenters. The fraction of sp³-hybridized carbons (Fsp3) is 0.727. The topological polar surface area (TPSA) is 43.8 Å². The third-order valence-electron chi connectivity index (χ3n) is 2.97. The summed E-state index contributed by atoms with van der Waals surface area (Å²) in [7, 11) is 0. The van der Waals surface area contributed by atoms with Crippen LogP contribution in [-0.2, 0) is 0 Å². The van der Waals surface area contributed by atoms with Crippen LogP contribution >= 0.6 is 0 Å². The van der Waals surface area contributed by atoms with E-state index in [4.69, 9.17) is 5.73 Å². The quantitative estimate of drug-likeness (QED) is 0.778. The molecular formula is C11H19N3. The van der Waals surface area contributed by atoms with Crippen LogP contribution in [0.4, 0.5) is 0 Å². The normalized spacial score (nSPS) is 18.4. The Hall–Kier alpha value is -0.830. The minimum absolute atomic E-state index is 0.493. The van der Waals surface area contributed by atoms with E-state index in [1.54, 1.807) is 0 Å². The molecule has 1 aliphatic rings. The molecule has 1 fully saturated rings. The molecule has 0 bridgehead atoms. The second kappa shape index (κ2) is 4.13. The van der Waals surface area contributed by atoms with Gasteiger partial charge < -0.3 is 5.73 Å². The summed E-state index contributed by atoms with van der Waals surface area (Å²) in [4.78, 5) is 0. The van der Waals surface area contributed by atoms with Crippen LogP contribution in [0, 0.1) is 0 Å². The van der Waals surface area contributed by atoms with Gasteiger partial charge in [-0.05, 0) is 38.3 Å². The average molecular weight is 193 g/mol. The van der Waals surface area contributed by atoms with E-state index in [0.29, 0.717) is 6.04 Å². The maximum absolute atomic E-state index is 5.58. The fourth-order valence-corrected chi connectivity index (χ4v) is 1.87. The second-order valence-electron chi connectivity index (χ2n) is 4.13. The van der Waals surface area contributed by atoms with E-state index in [2.05, 4.69) is 29.0 Å². The maximum Gasteiger partial charge on any atom is 0.0655 e. The fourth-order valence-electron chi connectivity index (χ4n) is 1.87. The number of hydrogen-bond acceptors (Lipinski definition) is 2. The zero-order valence-electron chi connectivity index (χ0n) is 8.82. The van der Waals surface area contributed by atoms with Crippen LogP contribution in [0.2, 0.25) is 0 Å². The lowest BCUT2D eigenvalue weighted by Crippen LogP contribution is -2.14. The Bertz CT molecular complexity index is 288. The van der Waals surface area contributed by atoms with E-state index < -0.39 is 0 Å². The molecule has 2 rings (SSSR count). The van der Waals surface area contributed by atoms with Gasteiger partial charge in [-0.15, -0.1) is 0 Å². The Morgan fingerprint density at radius 2 is 2.43 bits per heavy atom. The first-order valence-electron chi connectivity index (χ1n) is 5.60. The SMILES string of the molecule is CCC(CCN)n1ccc(C2CC2)n1. The van der Waals surface area contributed by atoms with Gasteiger partial charge in [0.25, 0.3) is 0 Å². The Labute approximate surface area is 85.3 Å². The molecule has 1 heterocycles. The molecule has 78 valence electrons. The Kier molecular flexibility index (Phi) is 2.87. The zero-order chi connectivity index (χ0) is 9.97. The lowest BCUT2D eigenvalue weighted by atomic mass is 10.1. The van der Waals surface area contributed by atoms with Gasteiger partial charge in [0, 0.05) is 12.1 Å². The van der Waals surface area contributed by atoms with Crippen molar-refractivity contribution in [1.82, 2.24) is 9.78 Å². The lowest BCUT2D eigenvalue weighted by molar-refractivity contribution is 0.415. The average Bonchev–Trinajstić information content (AvgIpc) is 2.94. The van der Waals surface area contributed by atoms with Crippen LogP contribution in [0.3, 0.4) is 0 Å². The number of nitrogens with two attached hydrogens (primary N) is 1. The molecule has 1 aromatic rings. The van der Waals surface area contributed by atoms with Crippen molar-refractivity contribution in [1.29, 1.82) is 0 Å². The highest BCUT2D eigenvalue weighted by molar-refractivity contribution is 5.12. The molecule has 0 aliphatic heterocycles. The molecule has 0 saturated heterocycles. The van der Waals surface area contributed by atoms with Gasteiger partial charge in [0.15, 0.2) is 0 Å². The summed E-state index contributed by atoms with van der Waals surface area (Å²) in [5.74, 6) is 0.756. The van der Waals surface area contributed by atoms with E-state index in [9.17, 15) is 0 Å². The van der Waals surface area contributed by atoms with Crippen LogP contribution in [0.5, 0.6) is 0 Å². The van der Waals surface area contributed by atoms with Crippen LogP contribution in [0.1, 0.15) is 50.3 Å². The summed E-state index contributed by atoms with van der Waals surface area (Å²) in [6.45, 7) is 2.94. The molecule has 0 spiro atoms. The maximum atomic E-state index is 5.58. The summed E-state index contributed by atoms with van der Waals surface area (Å²) in [6, 6.07) is 2.66. The lowest BCUT2D eigenvalue weighted by Gasteiger charge is -2.13. The molecule has 1 aliphatic carbocycles. The number of nitrogens with zero attached hydrogens (tertiary/aromatic N) is 2. The van der Waals surface area contributed by atoms with Crippen LogP contribution < -0.4 is 5.73 Å². The number of aromatic nitrogens is 2. The third kappa shape index (κ3) is 1.98. The predicted octanol–water partition coefficient (Wildman–Crippen LogP) is 2.06. The van der Waals surface area contributed by atoms with Gasteiger partial charge in [0.05, 0.1) is 11.7 Å². The highest BCUT2D eigenvalue weighted by atomic mass is 15.3. The number of rotatable bonds is 5. The van der Waals surface area contributed by atoms with Crippen molar-refractivity contribution >= 4 is 0 Å². The first-order chi connectivity index (χ1) is 6.85. The zero-order valence-corrected chi connectivity index (χ0v) is 8.82. The van der Waals surface area contributed by atoms with E-state index in [1.165, 1.54) is 18.5 Å². The molecule has 0 aromatic carbocycles. The second-order valence-corrected chi connectivity index (χ2v) is 4.13. The van der Waals surface area contributed by atoms with E-state index in [-0.39, 0.29) is 0 Å². The molecule has 1 aromatic heterocycles. The molecule has 1 unspecified atom stereocenters. The molecule has 0 amide bonds. The number of hydrogen-bond donors (Lipinski definition) is 1. The van der Waals surface area contributed by atoms with Gasteiger partial charge in [-0.1, -0.05) is 6.92 Å². The Morgan fingerprint density at radius 3 is 3.00 bits per heavy atom. The smallest absolute Gasteiger partial charge is 0.0655 e. The molecular weight excluding hydrogens is 174 g/mol. The first-order valence-corrected chi connectivity index (χ1v) is 5.60. The van der Waals surface area contributed by atoms with Gasteiger partial charge in [-0.3, -0.25) is 4.68 Å². The first kappa shape index (κ1) is 9.71. The summed E-state index contributed by atoms with van der Waals surface area (Å²) in [5, 5.41) is 4.62. The van der Waals surface area contributed by atoms with Crippen molar-refractivity contribution < 1.29 is 0 Å². The van der Waals surface area contributed by atoms with Crippen molar-refractivity contribution in [3.05, 3.63) is 18.0 Å². The van der Waals surface area contributed by atoms with Crippen LogP contribution in [0.15, 0.2) is 12.3 Å². The molecule has 3 nitrogen and oxygen atoms in total. The summed E-state index contributed by atoms with van der Waals surface area (Å²) < 4.78 is 2.10. The van der Waals surface area contributed by atoms with Gasteiger partial charge in [0.2, 0.25) is 0 Å². The van der Waals surface area contributed by atoms with Gasteiger partial charge >= 0.3 is 0 Å². The van der Waals surface area contributed by atoms with Crippen LogP contribution in [0.25, 0.3) is 0 Å². The van der Waals surface area contributed by atoms with Gasteiger partial charge in [-0.25, -0.2) is 0 Å². The highest BCUT2D eigenvalue weighted by Gasteiger charge is 2.26.